The zero-order valence-electron chi connectivity index (χ0n) is 22.3. The maximum atomic E-state index is 13.5. The van der Waals surface area contributed by atoms with E-state index in [1.807, 2.05) is 27.0 Å². The van der Waals surface area contributed by atoms with Crippen LogP contribution >= 0.6 is 0 Å². The van der Waals surface area contributed by atoms with Gasteiger partial charge in [-0.25, -0.2) is 9.59 Å². The van der Waals surface area contributed by atoms with Crippen LogP contribution in [0.15, 0.2) is 18.3 Å². The lowest BCUT2D eigenvalue weighted by Crippen LogP contribution is -2.59. The molecule has 7 nitrogen and oxygen atoms in total. The Bertz CT molecular complexity index is 949. The third-order valence-electron chi connectivity index (χ3n) is 7.04. The quantitative estimate of drug-likeness (QED) is 0.463. The molecule has 4 atom stereocenters. The molecule has 4 rings (SSSR count). The Kier molecular flexibility index (Phi) is 6.95. The molecular weight excluding hydrogens is 444 g/mol. The van der Waals surface area contributed by atoms with Crippen LogP contribution in [0.4, 0.5) is 4.79 Å². The number of nitrogens with zero attached hydrogens (tertiary/aromatic N) is 1. The molecule has 2 saturated carbocycles. The summed E-state index contributed by atoms with van der Waals surface area (Å²) in [6, 6.07) is 3.57. The SMILES string of the molecule is CC(C)C[C@H](NC(=O)OC(C)(C)C)[C@@]1(Cc2cc([C@@H]3C[C@H]3CC3CC3)ccn2)OC(C)(C)OC1=O. The molecule has 194 valence electrons. The summed E-state index contributed by atoms with van der Waals surface area (Å²) in [5, 5.41) is 2.95. The normalized spacial score (nSPS) is 28.5. The maximum absolute atomic E-state index is 13.5. The van der Waals surface area contributed by atoms with E-state index in [1.165, 1.54) is 31.2 Å². The number of rotatable bonds is 9. The number of aromatic nitrogens is 1. The molecule has 7 heteroatoms. The summed E-state index contributed by atoms with van der Waals surface area (Å²) in [5.74, 6) is 0.878. The van der Waals surface area contributed by atoms with Crippen molar-refractivity contribution in [3.8, 4) is 0 Å². The van der Waals surface area contributed by atoms with E-state index in [0.29, 0.717) is 12.3 Å². The minimum atomic E-state index is -1.40. The van der Waals surface area contributed by atoms with Crippen LogP contribution < -0.4 is 5.32 Å². The van der Waals surface area contributed by atoms with E-state index in [0.717, 1.165) is 17.5 Å². The second kappa shape index (κ2) is 9.38. The summed E-state index contributed by atoms with van der Waals surface area (Å²) < 4.78 is 17.5. The molecule has 0 unspecified atom stereocenters. The first kappa shape index (κ1) is 25.9. The Morgan fingerprint density at radius 3 is 2.57 bits per heavy atom. The average Bonchev–Trinajstić information content (AvgIpc) is 3.62. The van der Waals surface area contributed by atoms with E-state index < -0.39 is 35.1 Å². The van der Waals surface area contributed by atoms with Crippen LogP contribution in [0.25, 0.3) is 0 Å². The topological polar surface area (TPSA) is 86.8 Å². The van der Waals surface area contributed by atoms with Crippen molar-refractivity contribution < 1.29 is 23.8 Å². The van der Waals surface area contributed by atoms with Gasteiger partial charge < -0.3 is 19.5 Å². The molecule has 0 bridgehead atoms. The van der Waals surface area contributed by atoms with Crippen LogP contribution in [0.5, 0.6) is 0 Å². The number of esters is 1. The summed E-state index contributed by atoms with van der Waals surface area (Å²) in [6.45, 7) is 13.0. The monoisotopic (exact) mass is 486 g/mol. The van der Waals surface area contributed by atoms with Crippen LogP contribution in [0.1, 0.15) is 97.7 Å². The molecule has 0 aromatic carbocycles. The van der Waals surface area contributed by atoms with E-state index in [4.69, 9.17) is 14.2 Å². The van der Waals surface area contributed by atoms with Gasteiger partial charge in [0.05, 0.1) is 6.04 Å². The number of alkyl carbamates (subject to hydrolysis) is 1. The van der Waals surface area contributed by atoms with Gasteiger partial charge in [0, 0.05) is 32.2 Å². The highest BCUT2D eigenvalue weighted by molar-refractivity contribution is 5.84. The Balaban J connectivity index is 1.60. The van der Waals surface area contributed by atoms with Crippen molar-refractivity contribution >= 4 is 12.1 Å². The van der Waals surface area contributed by atoms with Gasteiger partial charge in [0.25, 0.3) is 0 Å². The van der Waals surface area contributed by atoms with Gasteiger partial charge in [-0.05, 0) is 81.4 Å². The summed E-state index contributed by atoms with van der Waals surface area (Å²) in [7, 11) is 0. The molecule has 1 aromatic heterocycles. The van der Waals surface area contributed by atoms with Gasteiger partial charge >= 0.3 is 12.1 Å². The molecule has 1 amide bonds. The van der Waals surface area contributed by atoms with E-state index in [9.17, 15) is 9.59 Å². The first-order chi connectivity index (χ1) is 16.3. The van der Waals surface area contributed by atoms with Crippen LogP contribution in [-0.4, -0.2) is 40.1 Å². The molecule has 1 N–H and O–H groups in total. The Hall–Kier alpha value is -2.15. The molecule has 3 aliphatic rings. The Labute approximate surface area is 209 Å². The number of amides is 1. The number of cyclic esters (lactones) is 1. The largest absolute Gasteiger partial charge is 0.444 e. The van der Waals surface area contributed by atoms with Gasteiger partial charge in [-0.2, -0.15) is 0 Å². The average molecular weight is 487 g/mol. The van der Waals surface area contributed by atoms with Gasteiger partial charge in [-0.1, -0.05) is 26.7 Å². The lowest BCUT2D eigenvalue weighted by molar-refractivity contribution is -0.170. The van der Waals surface area contributed by atoms with E-state index in [-0.39, 0.29) is 12.3 Å². The third kappa shape index (κ3) is 6.54. The number of hydrogen-bond acceptors (Lipinski definition) is 6. The lowest BCUT2D eigenvalue weighted by Gasteiger charge is -2.36. The fraction of sp³-hybridized carbons (Fsp3) is 0.750. The number of pyridine rings is 1. The molecule has 3 fully saturated rings. The number of ether oxygens (including phenoxy) is 3. The van der Waals surface area contributed by atoms with E-state index in [2.05, 4.69) is 36.3 Å². The minimum Gasteiger partial charge on any atom is -0.444 e. The molecule has 2 aliphatic carbocycles. The van der Waals surface area contributed by atoms with Crippen molar-refractivity contribution in [3.05, 3.63) is 29.6 Å². The number of carbonyl (C=O) groups is 2. The van der Waals surface area contributed by atoms with E-state index >= 15 is 0 Å². The summed E-state index contributed by atoms with van der Waals surface area (Å²) in [5.41, 5.74) is -0.00344. The van der Waals surface area contributed by atoms with Gasteiger partial charge in [-0.3, -0.25) is 4.98 Å². The smallest absolute Gasteiger partial charge is 0.407 e. The van der Waals surface area contributed by atoms with Crippen molar-refractivity contribution in [3.63, 3.8) is 0 Å². The van der Waals surface area contributed by atoms with Crippen LogP contribution in [0, 0.1) is 17.8 Å². The predicted octanol–water partition coefficient (Wildman–Crippen LogP) is 5.52. The molecule has 1 saturated heterocycles. The first-order valence-electron chi connectivity index (χ1n) is 13.1. The molecule has 1 aromatic rings. The highest BCUT2D eigenvalue weighted by Gasteiger charge is 2.59. The maximum Gasteiger partial charge on any atom is 0.407 e. The van der Waals surface area contributed by atoms with Gasteiger partial charge in [0.2, 0.25) is 5.79 Å². The molecule has 1 aliphatic heterocycles. The number of carbonyl (C=O) groups excluding carboxylic acids is 2. The number of hydrogen-bond donors (Lipinski definition) is 1. The highest BCUT2D eigenvalue weighted by Crippen LogP contribution is 2.54. The number of nitrogens with one attached hydrogen (secondary N) is 1. The molecule has 0 radical (unpaired) electrons. The standard InChI is InChI=1S/C28H42N2O5/c1-17(2)12-23(30-25(32)34-26(3,4)5)28(24(31)33-27(6,7)35-28)16-21-14-19(10-11-29-21)22-15-20(22)13-18-8-9-18/h10-11,14,17-18,20,22-23H,8-9,12-13,15-16H2,1-7H3,(H,30,32)/t20-,22+,23+,28-/m1/s1. The molecular formula is C28H42N2O5. The van der Waals surface area contributed by atoms with Crippen molar-refractivity contribution in [2.45, 2.75) is 116 Å². The fourth-order valence-corrected chi connectivity index (χ4v) is 5.33. The van der Waals surface area contributed by atoms with Crippen LogP contribution in [-0.2, 0) is 25.4 Å². The highest BCUT2D eigenvalue weighted by atomic mass is 16.8. The summed E-state index contributed by atoms with van der Waals surface area (Å²) in [4.78, 5) is 30.9. The zero-order chi connectivity index (χ0) is 25.6. The van der Waals surface area contributed by atoms with Gasteiger partial charge in [0.1, 0.15) is 5.60 Å². The Morgan fingerprint density at radius 1 is 1.29 bits per heavy atom. The molecule has 2 heterocycles. The van der Waals surface area contributed by atoms with Crippen molar-refractivity contribution in [1.29, 1.82) is 0 Å². The second-order valence-electron chi connectivity index (χ2n) is 12.6. The molecule has 35 heavy (non-hydrogen) atoms. The lowest BCUT2D eigenvalue weighted by atomic mass is 9.83. The second-order valence-corrected chi connectivity index (χ2v) is 12.6. The summed E-state index contributed by atoms with van der Waals surface area (Å²) in [6.07, 6.45) is 7.31. The predicted molar refractivity (Wildman–Crippen MR) is 133 cm³/mol. The first-order valence-corrected chi connectivity index (χ1v) is 13.1. The zero-order valence-corrected chi connectivity index (χ0v) is 22.3. The van der Waals surface area contributed by atoms with Crippen molar-refractivity contribution in [2.24, 2.45) is 17.8 Å². The van der Waals surface area contributed by atoms with Crippen molar-refractivity contribution in [2.75, 3.05) is 0 Å². The Morgan fingerprint density at radius 2 is 2.00 bits per heavy atom. The van der Waals surface area contributed by atoms with E-state index in [1.54, 1.807) is 13.8 Å². The molecule has 0 spiro atoms. The minimum absolute atomic E-state index is 0.195. The van der Waals surface area contributed by atoms with Crippen LogP contribution in [0.3, 0.4) is 0 Å². The fourth-order valence-electron chi connectivity index (χ4n) is 5.33. The van der Waals surface area contributed by atoms with Crippen molar-refractivity contribution in [1.82, 2.24) is 10.3 Å². The van der Waals surface area contributed by atoms with Gasteiger partial charge in [0.15, 0.2) is 5.60 Å². The third-order valence-corrected chi connectivity index (χ3v) is 7.04. The van der Waals surface area contributed by atoms with Crippen LogP contribution in [0.2, 0.25) is 0 Å². The summed E-state index contributed by atoms with van der Waals surface area (Å²) >= 11 is 0. The van der Waals surface area contributed by atoms with Gasteiger partial charge in [-0.15, -0.1) is 0 Å².